The van der Waals surface area contributed by atoms with Crippen LogP contribution in [0.5, 0.6) is 0 Å². The molecular formula is C20H35N. The van der Waals surface area contributed by atoms with E-state index in [2.05, 4.69) is 64.2 Å². The van der Waals surface area contributed by atoms with Gasteiger partial charge in [-0.25, -0.2) is 0 Å². The van der Waals surface area contributed by atoms with Gasteiger partial charge in [0.1, 0.15) is 0 Å². The van der Waals surface area contributed by atoms with E-state index in [9.17, 15) is 0 Å². The second-order valence-electron chi connectivity index (χ2n) is 7.44. The number of nitrogens with one attached hydrogen (secondary N) is 1. The first-order valence-electron chi connectivity index (χ1n) is 8.76. The Labute approximate surface area is 132 Å². The maximum atomic E-state index is 3.54. The van der Waals surface area contributed by atoms with Crippen LogP contribution >= 0.6 is 0 Å². The second kappa shape index (κ2) is 10.00. The molecule has 0 saturated carbocycles. The van der Waals surface area contributed by atoms with Gasteiger partial charge in [0.15, 0.2) is 0 Å². The van der Waals surface area contributed by atoms with Crippen LogP contribution in [0.4, 0.5) is 0 Å². The van der Waals surface area contributed by atoms with Crippen molar-refractivity contribution in [3.8, 4) is 0 Å². The summed E-state index contributed by atoms with van der Waals surface area (Å²) in [5, 5.41) is 3.54. The third-order valence-electron chi connectivity index (χ3n) is 3.96. The Morgan fingerprint density at radius 1 is 0.810 bits per heavy atom. The van der Waals surface area contributed by atoms with Crippen molar-refractivity contribution in [3.05, 3.63) is 35.4 Å². The van der Waals surface area contributed by atoms with Crippen LogP contribution in [0, 0.1) is 17.8 Å². The van der Waals surface area contributed by atoms with Crippen LogP contribution < -0.4 is 5.32 Å². The number of hydrogen-bond donors (Lipinski definition) is 1. The molecule has 0 heterocycles. The molecule has 0 spiro atoms. The van der Waals surface area contributed by atoms with Crippen LogP contribution in [0.3, 0.4) is 0 Å². The lowest BCUT2D eigenvalue weighted by molar-refractivity contribution is 0.454. The Morgan fingerprint density at radius 2 is 1.43 bits per heavy atom. The lowest BCUT2D eigenvalue weighted by Gasteiger charge is -2.13. The van der Waals surface area contributed by atoms with E-state index in [0.29, 0.717) is 0 Å². The van der Waals surface area contributed by atoms with Gasteiger partial charge in [-0.15, -0.1) is 0 Å². The van der Waals surface area contributed by atoms with Crippen LogP contribution in [-0.2, 0) is 12.8 Å². The summed E-state index contributed by atoms with van der Waals surface area (Å²) in [4.78, 5) is 0. The normalized spacial score (nSPS) is 13.1. The third-order valence-corrected chi connectivity index (χ3v) is 3.96. The van der Waals surface area contributed by atoms with Gasteiger partial charge < -0.3 is 5.32 Å². The summed E-state index contributed by atoms with van der Waals surface area (Å²) in [7, 11) is 0. The quantitative estimate of drug-likeness (QED) is 0.592. The zero-order valence-electron chi connectivity index (χ0n) is 14.8. The monoisotopic (exact) mass is 289 g/mol. The Morgan fingerprint density at radius 3 is 2.00 bits per heavy atom. The van der Waals surface area contributed by atoms with Crippen molar-refractivity contribution < 1.29 is 0 Å². The first-order valence-corrected chi connectivity index (χ1v) is 8.76. The lowest BCUT2D eigenvalue weighted by atomic mass is 9.96. The van der Waals surface area contributed by atoms with Crippen molar-refractivity contribution in [3.63, 3.8) is 0 Å². The molecule has 1 rings (SSSR count). The van der Waals surface area contributed by atoms with E-state index in [1.165, 1.54) is 36.8 Å². The summed E-state index contributed by atoms with van der Waals surface area (Å²) >= 11 is 0. The van der Waals surface area contributed by atoms with Gasteiger partial charge in [0.25, 0.3) is 0 Å². The Kier molecular flexibility index (Phi) is 8.68. The van der Waals surface area contributed by atoms with Crippen LogP contribution in [0.1, 0.15) is 58.6 Å². The maximum absolute atomic E-state index is 3.54. The average Bonchev–Trinajstić information content (AvgIpc) is 2.42. The minimum Gasteiger partial charge on any atom is -0.316 e. The Balaban J connectivity index is 2.21. The minimum absolute atomic E-state index is 0.745. The van der Waals surface area contributed by atoms with Gasteiger partial charge in [-0.1, -0.05) is 58.9 Å². The predicted molar refractivity (Wildman–Crippen MR) is 94.8 cm³/mol. The summed E-state index contributed by atoms with van der Waals surface area (Å²) < 4.78 is 0. The summed E-state index contributed by atoms with van der Waals surface area (Å²) in [6.07, 6.45) is 5.00. The predicted octanol–water partition coefficient (Wildman–Crippen LogP) is 5.09. The second-order valence-corrected chi connectivity index (χ2v) is 7.44. The summed E-state index contributed by atoms with van der Waals surface area (Å²) in [6, 6.07) is 9.26. The van der Waals surface area contributed by atoms with Crippen molar-refractivity contribution in [1.29, 1.82) is 0 Å². The van der Waals surface area contributed by atoms with Crippen molar-refractivity contribution >= 4 is 0 Å². The summed E-state index contributed by atoms with van der Waals surface area (Å²) in [5.74, 6) is 2.30. The van der Waals surface area contributed by atoms with Gasteiger partial charge in [-0.05, 0) is 67.7 Å². The first kappa shape index (κ1) is 18.2. The van der Waals surface area contributed by atoms with Crippen molar-refractivity contribution in [2.75, 3.05) is 13.1 Å². The highest BCUT2D eigenvalue weighted by Crippen LogP contribution is 2.15. The highest BCUT2D eigenvalue weighted by atomic mass is 14.8. The molecule has 0 aromatic heterocycles. The maximum Gasteiger partial charge on any atom is -0.00258 e. The Hall–Kier alpha value is -0.820. The average molecular weight is 290 g/mol. The SMILES string of the molecule is CC(C)CNCCC(C)CCc1ccc(CC(C)C)cc1. The van der Waals surface area contributed by atoms with Crippen molar-refractivity contribution in [2.24, 2.45) is 17.8 Å². The van der Waals surface area contributed by atoms with Crippen LogP contribution in [0.2, 0.25) is 0 Å². The molecule has 0 bridgehead atoms. The fourth-order valence-electron chi connectivity index (χ4n) is 2.61. The van der Waals surface area contributed by atoms with E-state index in [0.717, 1.165) is 30.8 Å². The van der Waals surface area contributed by atoms with Gasteiger partial charge in [0, 0.05) is 0 Å². The molecule has 0 aliphatic rings. The standard InChI is InChI=1S/C20H35N/c1-16(2)14-20-10-8-19(9-11-20)7-6-18(5)12-13-21-15-17(3)4/h8-11,16-18,21H,6-7,12-15H2,1-5H3. The number of rotatable bonds is 10. The molecule has 1 aromatic rings. The van der Waals surface area contributed by atoms with E-state index in [1.807, 2.05) is 0 Å². The summed E-state index contributed by atoms with van der Waals surface area (Å²) in [5.41, 5.74) is 2.96. The minimum atomic E-state index is 0.745. The first-order chi connectivity index (χ1) is 9.97. The van der Waals surface area contributed by atoms with Gasteiger partial charge in [-0.3, -0.25) is 0 Å². The van der Waals surface area contributed by atoms with Crippen LogP contribution in [-0.4, -0.2) is 13.1 Å². The van der Waals surface area contributed by atoms with E-state index in [4.69, 9.17) is 0 Å². The molecule has 1 nitrogen and oxygen atoms in total. The van der Waals surface area contributed by atoms with Crippen molar-refractivity contribution in [2.45, 2.75) is 60.3 Å². The number of aryl methyl sites for hydroxylation is 1. The highest BCUT2D eigenvalue weighted by Gasteiger charge is 2.04. The van der Waals surface area contributed by atoms with Gasteiger partial charge >= 0.3 is 0 Å². The zero-order chi connectivity index (χ0) is 15.7. The van der Waals surface area contributed by atoms with Gasteiger partial charge in [0.2, 0.25) is 0 Å². The fourth-order valence-corrected chi connectivity index (χ4v) is 2.61. The number of hydrogen-bond acceptors (Lipinski definition) is 1. The molecule has 1 aromatic carbocycles. The molecule has 1 atom stereocenters. The fraction of sp³-hybridized carbons (Fsp3) is 0.700. The van der Waals surface area contributed by atoms with E-state index >= 15 is 0 Å². The molecule has 1 heteroatoms. The smallest absolute Gasteiger partial charge is 0.00258 e. The van der Waals surface area contributed by atoms with Crippen molar-refractivity contribution in [1.82, 2.24) is 5.32 Å². The van der Waals surface area contributed by atoms with Gasteiger partial charge in [0.05, 0.1) is 0 Å². The van der Waals surface area contributed by atoms with Crippen LogP contribution in [0.25, 0.3) is 0 Å². The lowest BCUT2D eigenvalue weighted by Crippen LogP contribution is -2.22. The number of benzene rings is 1. The molecule has 0 fully saturated rings. The molecule has 0 radical (unpaired) electrons. The van der Waals surface area contributed by atoms with Gasteiger partial charge in [-0.2, -0.15) is 0 Å². The molecule has 0 saturated heterocycles. The third kappa shape index (κ3) is 8.93. The molecule has 120 valence electrons. The molecule has 0 aliphatic heterocycles. The van der Waals surface area contributed by atoms with E-state index in [-0.39, 0.29) is 0 Å². The molecule has 21 heavy (non-hydrogen) atoms. The zero-order valence-corrected chi connectivity index (χ0v) is 14.8. The van der Waals surface area contributed by atoms with E-state index < -0.39 is 0 Å². The summed E-state index contributed by atoms with van der Waals surface area (Å²) in [6.45, 7) is 13.8. The topological polar surface area (TPSA) is 12.0 Å². The molecule has 1 N–H and O–H groups in total. The Bertz CT molecular complexity index is 364. The molecule has 1 unspecified atom stereocenters. The van der Waals surface area contributed by atoms with Crippen LogP contribution in [0.15, 0.2) is 24.3 Å². The largest absolute Gasteiger partial charge is 0.316 e. The molecule has 0 amide bonds. The van der Waals surface area contributed by atoms with E-state index in [1.54, 1.807) is 0 Å². The molecular weight excluding hydrogens is 254 g/mol. The molecule has 0 aliphatic carbocycles. The highest BCUT2D eigenvalue weighted by molar-refractivity contribution is 5.22.